The van der Waals surface area contributed by atoms with Gasteiger partial charge in [0.25, 0.3) is 0 Å². The third-order valence-corrected chi connectivity index (χ3v) is 3.12. The SMILES string of the molecule is CCCN(CCC)c1nc(C(C)O)cs1. The monoisotopic (exact) mass is 228 g/mol. The second-order valence-electron chi connectivity index (χ2n) is 3.72. The Bertz CT molecular complexity index is 280. The van der Waals surface area contributed by atoms with Gasteiger partial charge in [-0.1, -0.05) is 13.8 Å². The minimum absolute atomic E-state index is 0.458. The van der Waals surface area contributed by atoms with Gasteiger partial charge in [0.05, 0.1) is 11.8 Å². The number of thiazole rings is 1. The van der Waals surface area contributed by atoms with E-state index in [1.807, 2.05) is 5.38 Å². The van der Waals surface area contributed by atoms with E-state index >= 15 is 0 Å². The molecule has 0 spiro atoms. The van der Waals surface area contributed by atoms with Crippen molar-refractivity contribution in [3.8, 4) is 0 Å². The van der Waals surface area contributed by atoms with E-state index in [2.05, 4.69) is 23.7 Å². The molecule has 1 N–H and O–H groups in total. The lowest BCUT2D eigenvalue weighted by Gasteiger charge is -2.20. The minimum atomic E-state index is -0.458. The lowest BCUT2D eigenvalue weighted by Crippen LogP contribution is -2.24. The predicted molar refractivity (Wildman–Crippen MR) is 65.5 cm³/mol. The van der Waals surface area contributed by atoms with E-state index in [1.54, 1.807) is 18.3 Å². The van der Waals surface area contributed by atoms with Crippen LogP contribution in [0.3, 0.4) is 0 Å². The Hall–Kier alpha value is -0.610. The van der Waals surface area contributed by atoms with Crippen LogP contribution >= 0.6 is 11.3 Å². The number of hydrogen-bond donors (Lipinski definition) is 1. The van der Waals surface area contributed by atoms with Crippen LogP contribution < -0.4 is 4.90 Å². The number of nitrogens with zero attached hydrogens (tertiary/aromatic N) is 2. The summed E-state index contributed by atoms with van der Waals surface area (Å²) in [7, 11) is 0. The largest absolute Gasteiger partial charge is 0.387 e. The summed E-state index contributed by atoms with van der Waals surface area (Å²) in [5, 5.41) is 12.4. The molecule has 0 aliphatic carbocycles. The van der Waals surface area contributed by atoms with Gasteiger partial charge in [-0.25, -0.2) is 4.98 Å². The van der Waals surface area contributed by atoms with Crippen molar-refractivity contribution in [1.29, 1.82) is 0 Å². The van der Waals surface area contributed by atoms with Crippen LogP contribution in [-0.2, 0) is 0 Å². The van der Waals surface area contributed by atoms with Gasteiger partial charge < -0.3 is 10.0 Å². The summed E-state index contributed by atoms with van der Waals surface area (Å²) < 4.78 is 0. The predicted octanol–water partition coefficient (Wildman–Crippen LogP) is 2.82. The molecule has 0 aliphatic rings. The van der Waals surface area contributed by atoms with Crippen LogP contribution in [0, 0.1) is 0 Å². The summed E-state index contributed by atoms with van der Waals surface area (Å²) >= 11 is 1.62. The van der Waals surface area contributed by atoms with E-state index in [9.17, 15) is 5.11 Å². The molecule has 1 aromatic rings. The molecule has 0 saturated heterocycles. The third-order valence-electron chi connectivity index (χ3n) is 2.20. The average Bonchev–Trinajstić information content (AvgIpc) is 2.66. The lowest BCUT2D eigenvalue weighted by atomic mass is 10.3. The van der Waals surface area contributed by atoms with Crippen molar-refractivity contribution in [3.05, 3.63) is 11.1 Å². The van der Waals surface area contributed by atoms with Gasteiger partial charge in [0.15, 0.2) is 5.13 Å². The molecule has 0 saturated carbocycles. The van der Waals surface area contributed by atoms with Gasteiger partial charge in [-0.3, -0.25) is 0 Å². The van der Waals surface area contributed by atoms with E-state index in [1.165, 1.54) is 0 Å². The first-order chi connectivity index (χ1) is 7.19. The maximum atomic E-state index is 9.40. The van der Waals surface area contributed by atoms with Crippen molar-refractivity contribution in [2.45, 2.75) is 39.7 Å². The molecule has 86 valence electrons. The van der Waals surface area contributed by atoms with Crippen molar-refractivity contribution in [2.24, 2.45) is 0 Å². The van der Waals surface area contributed by atoms with Gasteiger partial charge in [0.1, 0.15) is 0 Å². The second-order valence-corrected chi connectivity index (χ2v) is 4.55. The highest BCUT2D eigenvalue weighted by Crippen LogP contribution is 2.24. The van der Waals surface area contributed by atoms with Crippen LogP contribution in [0.5, 0.6) is 0 Å². The van der Waals surface area contributed by atoms with Crippen molar-refractivity contribution in [3.63, 3.8) is 0 Å². The van der Waals surface area contributed by atoms with E-state index in [0.717, 1.165) is 36.8 Å². The molecule has 1 heterocycles. The van der Waals surface area contributed by atoms with Crippen molar-refractivity contribution < 1.29 is 5.11 Å². The summed E-state index contributed by atoms with van der Waals surface area (Å²) in [6.45, 7) is 8.18. The number of aliphatic hydroxyl groups is 1. The Morgan fingerprint density at radius 2 is 2.00 bits per heavy atom. The molecule has 0 aliphatic heterocycles. The molecule has 0 fully saturated rings. The molecule has 1 aromatic heterocycles. The van der Waals surface area contributed by atoms with E-state index in [0.29, 0.717) is 0 Å². The topological polar surface area (TPSA) is 36.4 Å². The molecular formula is C11H20N2OS. The van der Waals surface area contributed by atoms with Crippen molar-refractivity contribution in [1.82, 2.24) is 4.98 Å². The van der Waals surface area contributed by atoms with E-state index < -0.39 is 6.10 Å². The summed E-state index contributed by atoms with van der Waals surface area (Å²) in [6.07, 6.45) is 1.80. The Morgan fingerprint density at radius 3 is 2.40 bits per heavy atom. The van der Waals surface area contributed by atoms with Gasteiger partial charge in [0, 0.05) is 18.5 Å². The highest BCUT2D eigenvalue weighted by atomic mass is 32.1. The van der Waals surface area contributed by atoms with Crippen LogP contribution in [0.1, 0.15) is 45.4 Å². The molecule has 1 unspecified atom stereocenters. The number of aromatic nitrogens is 1. The lowest BCUT2D eigenvalue weighted by molar-refractivity contribution is 0.195. The normalized spacial score (nSPS) is 12.8. The van der Waals surface area contributed by atoms with Gasteiger partial charge in [0.2, 0.25) is 0 Å². The molecule has 15 heavy (non-hydrogen) atoms. The third kappa shape index (κ3) is 3.47. The van der Waals surface area contributed by atoms with Crippen LogP contribution in [0.25, 0.3) is 0 Å². The Morgan fingerprint density at radius 1 is 1.40 bits per heavy atom. The van der Waals surface area contributed by atoms with Gasteiger partial charge >= 0.3 is 0 Å². The smallest absolute Gasteiger partial charge is 0.185 e. The van der Waals surface area contributed by atoms with Crippen LogP contribution in [0.4, 0.5) is 5.13 Å². The molecule has 0 amide bonds. The average molecular weight is 228 g/mol. The number of hydrogen-bond acceptors (Lipinski definition) is 4. The molecule has 0 radical (unpaired) electrons. The number of rotatable bonds is 6. The van der Waals surface area contributed by atoms with Gasteiger partial charge in [-0.15, -0.1) is 11.3 Å². The fourth-order valence-electron chi connectivity index (χ4n) is 1.46. The van der Waals surface area contributed by atoms with Gasteiger partial charge in [-0.05, 0) is 19.8 Å². The summed E-state index contributed by atoms with van der Waals surface area (Å²) in [5.74, 6) is 0. The van der Waals surface area contributed by atoms with Crippen LogP contribution in [-0.4, -0.2) is 23.2 Å². The van der Waals surface area contributed by atoms with Crippen molar-refractivity contribution >= 4 is 16.5 Å². The molecule has 0 bridgehead atoms. The zero-order valence-electron chi connectivity index (χ0n) is 9.73. The van der Waals surface area contributed by atoms with E-state index in [-0.39, 0.29) is 0 Å². The van der Waals surface area contributed by atoms with Crippen molar-refractivity contribution in [2.75, 3.05) is 18.0 Å². The maximum Gasteiger partial charge on any atom is 0.185 e. The standard InChI is InChI=1S/C11H20N2OS/c1-4-6-13(7-5-2)11-12-10(8-15-11)9(3)14/h8-9,14H,4-7H2,1-3H3. The molecular weight excluding hydrogens is 208 g/mol. The Labute approximate surface area is 95.8 Å². The number of aliphatic hydroxyl groups excluding tert-OH is 1. The molecule has 1 rings (SSSR count). The van der Waals surface area contributed by atoms with Crippen LogP contribution in [0.15, 0.2) is 5.38 Å². The summed E-state index contributed by atoms with van der Waals surface area (Å²) in [4.78, 5) is 6.73. The first kappa shape index (κ1) is 12.5. The Kier molecular flexibility index (Phi) is 5.05. The van der Waals surface area contributed by atoms with E-state index in [4.69, 9.17) is 0 Å². The summed E-state index contributed by atoms with van der Waals surface area (Å²) in [5.41, 5.74) is 0.784. The first-order valence-corrected chi connectivity index (χ1v) is 6.45. The first-order valence-electron chi connectivity index (χ1n) is 5.57. The Balaban J connectivity index is 2.72. The zero-order chi connectivity index (χ0) is 11.3. The molecule has 4 heteroatoms. The second kappa shape index (κ2) is 6.08. The quantitative estimate of drug-likeness (QED) is 0.813. The fraction of sp³-hybridized carbons (Fsp3) is 0.727. The zero-order valence-corrected chi connectivity index (χ0v) is 10.5. The highest BCUT2D eigenvalue weighted by Gasteiger charge is 2.11. The highest BCUT2D eigenvalue weighted by molar-refractivity contribution is 7.13. The number of anilines is 1. The maximum absolute atomic E-state index is 9.40. The van der Waals surface area contributed by atoms with Crippen LogP contribution in [0.2, 0.25) is 0 Å². The summed E-state index contributed by atoms with van der Waals surface area (Å²) in [6, 6.07) is 0. The molecule has 3 nitrogen and oxygen atoms in total. The molecule has 1 atom stereocenters. The molecule has 0 aromatic carbocycles. The van der Waals surface area contributed by atoms with Gasteiger partial charge in [-0.2, -0.15) is 0 Å². The fourth-order valence-corrected chi connectivity index (χ4v) is 2.42. The minimum Gasteiger partial charge on any atom is -0.387 e.